The zero-order chi connectivity index (χ0) is 17.4. The van der Waals surface area contributed by atoms with Gasteiger partial charge in [0.1, 0.15) is 0 Å². The molecule has 2 N–H and O–H groups in total. The van der Waals surface area contributed by atoms with Gasteiger partial charge in [0, 0.05) is 43.7 Å². The fraction of sp³-hybridized carbons (Fsp3) is 0.579. The van der Waals surface area contributed by atoms with Crippen molar-refractivity contribution in [2.75, 3.05) is 31.1 Å². The normalized spacial score (nSPS) is 24.9. The van der Waals surface area contributed by atoms with E-state index in [1.807, 2.05) is 29.2 Å². The minimum atomic E-state index is -0.277. The van der Waals surface area contributed by atoms with Crippen LogP contribution in [0.1, 0.15) is 31.2 Å². The molecule has 2 saturated heterocycles. The van der Waals surface area contributed by atoms with Crippen LogP contribution in [0.2, 0.25) is 0 Å². The molecule has 1 aromatic carbocycles. The fourth-order valence-corrected chi connectivity index (χ4v) is 4.00. The summed E-state index contributed by atoms with van der Waals surface area (Å²) in [4.78, 5) is 27.8. The molecule has 2 heterocycles. The highest BCUT2D eigenvalue weighted by Gasteiger charge is 2.54. The monoisotopic (exact) mass is 343 g/mol. The lowest BCUT2D eigenvalue weighted by atomic mass is 10.0. The number of likely N-dealkylation sites (tertiary alicyclic amines) is 1. The van der Waals surface area contributed by atoms with Crippen molar-refractivity contribution in [1.82, 2.24) is 10.2 Å². The summed E-state index contributed by atoms with van der Waals surface area (Å²) in [5, 5.41) is 13.0. The van der Waals surface area contributed by atoms with Gasteiger partial charge in [-0.05, 0) is 37.0 Å². The van der Waals surface area contributed by atoms with Crippen LogP contribution in [-0.4, -0.2) is 54.1 Å². The number of anilines is 1. The van der Waals surface area contributed by atoms with Crippen LogP contribution < -0.4 is 10.2 Å². The molecule has 4 rings (SSSR count). The third kappa shape index (κ3) is 3.41. The number of β-amino-alcohol motifs (C(OH)–C–C–N with tert-alkyl or cyclic N) is 1. The molecule has 3 fully saturated rings. The summed E-state index contributed by atoms with van der Waals surface area (Å²) in [6.07, 6.45) is 3.44. The minimum absolute atomic E-state index is 0.0105. The molecule has 2 amide bonds. The number of amides is 2. The number of benzene rings is 1. The van der Waals surface area contributed by atoms with E-state index in [2.05, 4.69) is 10.2 Å². The van der Waals surface area contributed by atoms with Crippen molar-refractivity contribution in [3.63, 3.8) is 0 Å². The van der Waals surface area contributed by atoms with E-state index < -0.39 is 0 Å². The van der Waals surface area contributed by atoms with Crippen LogP contribution in [0.5, 0.6) is 0 Å². The highest BCUT2D eigenvalue weighted by molar-refractivity contribution is 5.95. The second kappa shape index (κ2) is 6.42. The number of hydrogen-bond donors (Lipinski definition) is 2. The first-order valence-electron chi connectivity index (χ1n) is 9.12. The first-order valence-corrected chi connectivity index (χ1v) is 9.12. The average Bonchev–Trinajstić information content (AvgIpc) is 3.15. The van der Waals surface area contributed by atoms with Crippen molar-refractivity contribution < 1.29 is 14.7 Å². The number of nitrogens with zero attached hydrogens (tertiary/aromatic N) is 2. The van der Waals surface area contributed by atoms with Crippen LogP contribution in [0, 0.1) is 5.41 Å². The van der Waals surface area contributed by atoms with Gasteiger partial charge in [0.25, 0.3) is 0 Å². The lowest BCUT2D eigenvalue weighted by Gasteiger charge is -2.17. The zero-order valence-electron chi connectivity index (χ0n) is 14.4. The summed E-state index contributed by atoms with van der Waals surface area (Å²) in [6.45, 7) is 3.05. The maximum absolute atomic E-state index is 12.1. The molecule has 1 spiro atoms. The topological polar surface area (TPSA) is 72.9 Å². The molecule has 6 nitrogen and oxygen atoms in total. The standard InChI is InChI=1S/C19H25N3O3/c23-16-11-21(13-19(16)7-8-19)12-17(24)20-10-14-3-5-15(6-4-14)22-9-1-2-18(22)25/h3-6,16,23H,1-2,7-13H2,(H,20,24). The highest BCUT2D eigenvalue weighted by Crippen LogP contribution is 2.52. The molecule has 1 saturated carbocycles. The smallest absolute Gasteiger partial charge is 0.234 e. The quantitative estimate of drug-likeness (QED) is 0.833. The molecule has 1 aromatic rings. The van der Waals surface area contributed by atoms with E-state index in [0.717, 1.165) is 43.6 Å². The van der Waals surface area contributed by atoms with Crippen LogP contribution in [0.25, 0.3) is 0 Å². The summed E-state index contributed by atoms with van der Waals surface area (Å²) in [7, 11) is 0. The van der Waals surface area contributed by atoms with E-state index in [1.165, 1.54) is 0 Å². The summed E-state index contributed by atoms with van der Waals surface area (Å²) in [5.74, 6) is 0.172. The van der Waals surface area contributed by atoms with Crippen LogP contribution in [0.4, 0.5) is 5.69 Å². The number of aliphatic hydroxyl groups is 1. The number of carbonyl (C=O) groups excluding carboxylic acids is 2. The summed E-state index contributed by atoms with van der Waals surface area (Å²) in [6, 6.07) is 7.80. The molecule has 0 bridgehead atoms. The predicted octanol–water partition coefficient (Wildman–Crippen LogP) is 0.886. The lowest BCUT2D eigenvalue weighted by Crippen LogP contribution is -2.36. The van der Waals surface area contributed by atoms with Crippen LogP contribution in [-0.2, 0) is 16.1 Å². The van der Waals surface area contributed by atoms with Crippen molar-refractivity contribution in [2.24, 2.45) is 5.41 Å². The Kier molecular flexibility index (Phi) is 4.25. The van der Waals surface area contributed by atoms with Crippen LogP contribution >= 0.6 is 0 Å². The number of carbonyl (C=O) groups is 2. The maximum atomic E-state index is 12.1. The van der Waals surface area contributed by atoms with Gasteiger partial charge < -0.3 is 15.3 Å². The van der Waals surface area contributed by atoms with Crippen LogP contribution in [0.3, 0.4) is 0 Å². The second-order valence-corrected chi connectivity index (χ2v) is 7.64. The first-order chi connectivity index (χ1) is 12.1. The van der Waals surface area contributed by atoms with Crippen molar-refractivity contribution in [2.45, 2.75) is 38.3 Å². The SMILES string of the molecule is O=C(CN1CC(O)C2(CC2)C1)NCc1ccc(N2CCCC2=O)cc1. The molecular formula is C19H25N3O3. The molecule has 0 aromatic heterocycles. The van der Waals surface area contributed by atoms with Gasteiger partial charge in [-0.1, -0.05) is 12.1 Å². The van der Waals surface area contributed by atoms with E-state index in [-0.39, 0.29) is 23.3 Å². The van der Waals surface area contributed by atoms with Gasteiger partial charge in [0.15, 0.2) is 0 Å². The van der Waals surface area contributed by atoms with Gasteiger partial charge >= 0.3 is 0 Å². The van der Waals surface area contributed by atoms with Gasteiger partial charge in [0.2, 0.25) is 11.8 Å². The molecule has 1 unspecified atom stereocenters. The highest BCUT2D eigenvalue weighted by atomic mass is 16.3. The molecule has 134 valence electrons. The van der Waals surface area contributed by atoms with Crippen molar-refractivity contribution >= 4 is 17.5 Å². The van der Waals surface area contributed by atoms with E-state index >= 15 is 0 Å². The Labute approximate surface area is 147 Å². The van der Waals surface area contributed by atoms with E-state index in [0.29, 0.717) is 26.1 Å². The Hall–Kier alpha value is -1.92. The Morgan fingerprint density at radius 2 is 2.04 bits per heavy atom. The summed E-state index contributed by atoms with van der Waals surface area (Å²) < 4.78 is 0. The van der Waals surface area contributed by atoms with Crippen molar-refractivity contribution in [3.8, 4) is 0 Å². The Bertz CT molecular complexity index is 669. The maximum Gasteiger partial charge on any atom is 0.234 e. The van der Waals surface area contributed by atoms with Crippen molar-refractivity contribution in [3.05, 3.63) is 29.8 Å². The van der Waals surface area contributed by atoms with Gasteiger partial charge in [-0.2, -0.15) is 0 Å². The van der Waals surface area contributed by atoms with Gasteiger partial charge in [0.05, 0.1) is 12.6 Å². The van der Waals surface area contributed by atoms with E-state index in [9.17, 15) is 14.7 Å². The Morgan fingerprint density at radius 3 is 2.64 bits per heavy atom. The van der Waals surface area contributed by atoms with Crippen LogP contribution in [0.15, 0.2) is 24.3 Å². The first kappa shape index (κ1) is 16.5. The fourth-order valence-electron chi connectivity index (χ4n) is 4.00. The average molecular weight is 343 g/mol. The van der Waals surface area contributed by atoms with Crippen molar-refractivity contribution in [1.29, 1.82) is 0 Å². The number of aliphatic hydroxyl groups excluding tert-OH is 1. The molecule has 3 aliphatic rings. The Morgan fingerprint density at radius 1 is 1.28 bits per heavy atom. The van der Waals surface area contributed by atoms with E-state index in [1.54, 1.807) is 0 Å². The lowest BCUT2D eigenvalue weighted by molar-refractivity contribution is -0.122. The largest absolute Gasteiger partial charge is 0.391 e. The number of nitrogens with one attached hydrogen (secondary N) is 1. The second-order valence-electron chi connectivity index (χ2n) is 7.64. The molecule has 0 radical (unpaired) electrons. The zero-order valence-corrected chi connectivity index (χ0v) is 14.4. The molecule has 6 heteroatoms. The third-order valence-electron chi connectivity index (χ3n) is 5.75. The van der Waals surface area contributed by atoms with Gasteiger partial charge in [-0.25, -0.2) is 0 Å². The van der Waals surface area contributed by atoms with Gasteiger partial charge in [-0.15, -0.1) is 0 Å². The third-order valence-corrected chi connectivity index (χ3v) is 5.75. The summed E-state index contributed by atoms with van der Waals surface area (Å²) in [5.41, 5.74) is 2.03. The molecule has 1 aliphatic carbocycles. The predicted molar refractivity (Wildman–Crippen MR) is 94.0 cm³/mol. The number of hydrogen-bond acceptors (Lipinski definition) is 4. The minimum Gasteiger partial charge on any atom is -0.391 e. The molecule has 2 aliphatic heterocycles. The summed E-state index contributed by atoms with van der Waals surface area (Å²) >= 11 is 0. The van der Waals surface area contributed by atoms with Gasteiger partial charge in [-0.3, -0.25) is 14.5 Å². The molecule has 25 heavy (non-hydrogen) atoms. The molecule has 1 atom stereocenters. The number of rotatable bonds is 5. The van der Waals surface area contributed by atoms with E-state index in [4.69, 9.17) is 0 Å². The molecular weight excluding hydrogens is 318 g/mol. The Balaban J connectivity index is 1.25.